The average Bonchev–Trinajstić information content (AvgIpc) is 2.90. The second kappa shape index (κ2) is 6.78. The van der Waals surface area contributed by atoms with E-state index in [0.717, 1.165) is 46.1 Å². The Balaban J connectivity index is 1.68. The molecule has 3 heterocycles. The van der Waals surface area contributed by atoms with Gasteiger partial charge in [-0.1, -0.05) is 18.2 Å². The molecule has 0 unspecified atom stereocenters. The van der Waals surface area contributed by atoms with Crippen LogP contribution in [0.2, 0.25) is 0 Å². The number of amides is 1. The van der Waals surface area contributed by atoms with Gasteiger partial charge in [-0.2, -0.15) is 0 Å². The molecule has 0 fully saturated rings. The molecule has 0 atom stereocenters. The fourth-order valence-corrected chi connectivity index (χ4v) is 4.17. The van der Waals surface area contributed by atoms with Crippen molar-refractivity contribution in [2.24, 2.45) is 0 Å². The molecular weight excluding hydrogens is 360 g/mol. The standard InChI is InChI=1S/C24H22N4O/c1-3-25-18-9-4-7-16(13-18)15-28-20-11-5-10-19-22(20)21(27(2)24(19)29)14-17-8-6-12-26-23(17)28/h4-14,25H,3,15H2,1-2H3. The Bertz CT molecular complexity index is 1150. The Kier molecular flexibility index (Phi) is 4.09. The third-order valence-corrected chi connectivity index (χ3v) is 5.50. The fraction of sp³-hybridized carbons (Fsp3) is 0.167. The summed E-state index contributed by atoms with van der Waals surface area (Å²) in [6, 6.07) is 18.4. The molecular formula is C24H22N4O. The van der Waals surface area contributed by atoms with E-state index in [9.17, 15) is 4.79 Å². The summed E-state index contributed by atoms with van der Waals surface area (Å²) in [5.74, 6) is 0.937. The molecule has 2 aliphatic rings. The van der Waals surface area contributed by atoms with Gasteiger partial charge in [0.25, 0.3) is 5.91 Å². The molecule has 144 valence electrons. The van der Waals surface area contributed by atoms with Crippen LogP contribution in [0.1, 0.15) is 34.0 Å². The van der Waals surface area contributed by atoms with E-state index in [1.165, 1.54) is 5.56 Å². The van der Waals surface area contributed by atoms with Crippen LogP contribution in [0.25, 0.3) is 11.8 Å². The van der Waals surface area contributed by atoms with Gasteiger partial charge in [0.15, 0.2) is 0 Å². The largest absolute Gasteiger partial charge is 0.385 e. The third-order valence-electron chi connectivity index (χ3n) is 5.50. The Morgan fingerprint density at radius 2 is 1.93 bits per heavy atom. The first-order valence-electron chi connectivity index (χ1n) is 9.86. The van der Waals surface area contributed by atoms with Crippen LogP contribution in [0.3, 0.4) is 0 Å². The quantitative estimate of drug-likeness (QED) is 0.707. The van der Waals surface area contributed by atoms with Crippen LogP contribution < -0.4 is 10.2 Å². The molecule has 1 N–H and O–H groups in total. The summed E-state index contributed by atoms with van der Waals surface area (Å²) in [6.45, 7) is 3.64. The fourth-order valence-electron chi connectivity index (χ4n) is 4.17. The maximum atomic E-state index is 12.8. The lowest BCUT2D eigenvalue weighted by atomic mass is 10.0. The highest BCUT2D eigenvalue weighted by Crippen LogP contribution is 2.45. The summed E-state index contributed by atoms with van der Waals surface area (Å²) in [6.07, 6.45) is 3.90. The summed E-state index contributed by atoms with van der Waals surface area (Å²) in [7, 11) is 1.84. The summed E-state index contributed by atoms with van der Waals surface area (Å²) in [5.41, 5.74) is 6.97. The van der Waals surface area contributed by atoms with Gasteiger partial charge in [0.05, 0.1) is 16.9 Å². The molecule has 0 bridgehead atoms. The predicted octanol–water partition coefficient (Wildman–Crippen LogP) is 4.75. The van der Waals surface area contributed by atoms with Gasteiger partial charge >= 0.3 is 0 Å². The van der Waals surface area contributed by atoms with Crippen LogP contribution in [-0.2, 0) is 6.54 Å². The van der Waals surface area contributed by atoms with Crippen molar-refractivity contribution in [2.75, 3.05) is 23.8 Å². The van der Waals surface area contributed by atoms with E-state index in [4.69, 9.17) is 4.98 Å². The van der Waals surface area contributed by atoms with E-state index in [0.29, 0.717) is 6.54 Å². The summed E-state index contributed by atoms with van der Waals surface area (Å²) in [4.78, 5) is 21.5. The lowest BCUT2D eigenvalue weighted by Crippen LogP contribution is -2.19. The number of carbonyl (C=O) groups is 1. The summed E-state index contributed by atoms with van der Waals surface area (Å²) >= 11 is 0. The monoisotopic (exact) mass is 382 g/mol. The van der Waals surface area contributed by atoms with E-state index < -0.39 is 0 Å². The number of aromatic nitrogens is 1. The number of nitrogens with one attached hydrogen (secondary N) is 1. The van der Waals surface area contributed by atoms with Crippen molar-refractivity contribution in [3.05, 3.63) is 83.0 Å². The third kappa shape index (κ3) is 2.78. The second-order valence-corrected chi connectivity index (χ2v) is 7.33. The van der Waals surface area contributed by atoms with Gasteiger partial charge in [-0.3, -0.25) is 4.79 Å². The number of pyridine rings is 1. The van der Waals surface area contributed by atoms with Gasteiger partial charge in [0, 0.05) is 43.1 Å². The first-order chi connectivity index (χ1) is 14.2. The van der Waals surface area contributed by atoms with Gasteiger partial charge in [0.2, 0.25) is 0 Å². The van der Waals surface area contributed by atoms with Crippen molar-refractivity contribution < 1.29 is 4.79 Å². The SMILES string of the molecule is CCNc1cccc(CN2c3cccc4c3C(=Cc3cccnc32)N(C)C4=O)c1. The lowest BCUT2D eigenvalue weighted by molar-refractivity contribution is 0.0875. The normalized spacial score (nSPS) is 14.3. The van der Waals surface area contributed by atoms with Crippen molar-refractivity contribution in [1.82, 2.24) is 9.88 Å². The highest BCUT2D eigenvalue weighted by Gasteiger charge is 2.35. The van der Waals surface area contributed by atoms with Crippen molar-refractivity contribution in [2.45, 2.75) is 13.5 Å². The van der Waals surface area contributed by atoms with Crippen molar-refractivity contribution in [3.63, 3.8) is 0 Å². The zero-order chi connectivity index (χ0) is 20.0. The van der Waals surface area contributed by atoms with Crippen molar-refractivity contribution >= 4 is 34.9 Å². The number of hydrogen-bond acceptors (Lipinski definition) is 4. The Labute approximate surface area is 170 Å². The van der Waals surface area contributed by atoms with Crippen LogP contribution in [0, 0.1) is 0 Å². The van der Waals surface area contributed by atoms with Crippen molar-refractivity contribution in [1.29, 1.82) is 0 Å². The number of carbonyl (C=O) groups excluding carboxylic acids is 1. The molecule has 3 aromatic rings. The summed E-state index contributed by atoms with van der Waals surface area (Å²) < 4.78 is 0. The minimum atomic E-state index is 0.0366. The molecule has 0 radical (unpaired) electrons. The molecule has 0 saturated carbocycles. The summed E-state index contributed by atoms with van der Waals surface area (Å²) in [5, 5.41) is 3.38. The van der Waals surface area contributed by atoms with Crippen LogP contribution >= 0.6 is 0 Å². The van der Waals surface area contributed by atoms with Gasteiger partial charge in [0.1, 0.15) is 5.82 Å². The number of benzene rings is 2. The van der Waals surface area contributed by atoms with E-state index in [1.807, 2.05) is 31.4 Å². The molecule has 5 rings (SSSR count). The number of anilines is 3. The number of fused-ring (bicyclic) bond motifs is 1. The second-order valence-electron chi connectivity index (χ2n) is 7.33. The van der Waals surface area contributed by atoms with E-state index >= 15 is 0 Å². The van der Waals surface area contributed by atoms with Crippen LogP contribution in [0.15, 0.2) is 60.8 Å². The van der Waals surface area contributed by atoms with Crippen molar-refractivity contribution in [3.8, 4) is 0 Å². The molecule has 1 aromatic heterocycles. The van der Waals surface area contributed by atoms with E-state index in [2.05, 4.69) is 59.6 Å². The smallest absolute Gasteiger partial charge is 0.258 e. The molecule has 0 spiro atoms. The highest BCUT2D eigenvalue weighted by atomic mass is 16.2. The molecule has 0 saturated heterocycles. The molecule has 5 heteroatoms. The number of nitrogens with zero attached hydrogens (tertiary/aromatic N) is 3. The predicted molar refractivity (Wildman–Crippen MR) is 117 cm³/mol. The van der Waals surface area contributed by atoms with Crippen LogP contribution in [0.4, 0.5) is 17.2 Å². The van der Waals surface area contributed by atoms with Crippen LogP contribution in [0.5, 0.6) is 0 Å². The topological polar surface area (TPSA) is 48.5 Å². The van der Waals surface area contributed by atoms with Gasteiger partial charge < -0.3 is 15.1 Å². The van der Waals surface area contributed by atoms with Gasteiger partial charge in [-0.05, 0) is 55.0 Å². The molecule has 29 heavy (non-hydrogen) atoms. The minimum absolute atomic E-state index is 0.0366. The van der Waals surface area contributed by atoms with Crippen LogP contribution in [-0.4, -0.2) is 29.4 Å². The maximum Gasteiger partial charge on any atom is 0.258 e. The minimum Gasteiger partial charge on any atom is -0.385 e. The molecule has 0 aliphatic carbocycles. The van der Waals surface area contributed by atoms with Gasteiger partial charge in [-0.15, -0.1) is 0 Å². The van der Waals surface area contributed by atoms with E-state index in [-0.39, 0.29) is 5.91 Å². The Hall–Kier alpha value is -3.60. The first-order valence-corrected chi connectivity index (χ1v) is 9.86. The van der Waals surface area contributed by atoms with Gasteiger partial charge in [-0.25, -0.2) is 4.98 Å². The first kappa shape index (κ1) is 17.5. The lowest BCUT2D eigenvalue weighted by Gasteiger charge is -2.26. The zero-order valence-corrected chi connectivity index (χ0v) is 16.5. The average molecular weight is 382 g/mol. The number of rotatable bonds is 4. The molecule has 1 amide bonds. The highest BCUT2D eigenvalue weighted by molar-refractivity contribution is 6.15. The molecule has 2 aromatic carbocycles. The zero-order valence-electron chi connectivity index (χ0n) is 16.5. The maximum absolute atomic E-state index is 12.8. The Morgan fingerprint density at radius 1 is 1.07 bits per heavy atom. The number of hydrogen-bond donors (Lipinski definition) is 1. The molecule has 5 nitrogen and oxygen atoms in total. The Morgan fingerprint density at radius 3 is 2.79 bits per heavy atom. The molecule has 2 aliphatic heterocycles. The van der Waals surface area contributed by atoms with E-state index in [1.54, 1.807) is 4.90 Å².